The minimum Gasteiger partial charge on any atom is -0.496 e. The fourth-order valence-corrected chi connectivity index (χ4v) is 1.87. The van der Waals surface area contributed by atoms with Crippen molar-refractivity contribution in [1.29, 1.82) is 0 Å². The Labute approximate surface area is 107 Å². The first-order chi connectivity index (χ1) is 8.10. The van der Waals surface area contributed by atoms with E-state index in [0.29, 0.717) is 15.8 Å². The SMILES string of the molecule is COc1ccc(C(O)C(O)CN=[N+]=[N-])cc1Br. The number of halogens is 1. The fraction of sp³-hybridized carbons (Fsp3) is 0.400. The molecule has 2 N–H and O–H groups in total. The molecule has 1 rings (SSSR count). The summed E-state index contributed by atoms with van der Waals surface area (Å²) >= 11 is 3.28. The molecule has 2 unspecified atom stereocenters. The van der Waals surface area contributed by atoms with E-state index in [1.165, 1.54) is 7.11 Å². The maximum Gasteiger partial charge on any atom is 0.133 e. The molecule has 6 nitrogen and oxygen atoms in total. The second-order valence-electron chi connectivity index (χ2n) is 3.32. The lowest BCUT2D eigenvalue weighted by molar-refractivity contribution is 0.0243. The van der Waals surface area contributed by atoms with Gasteiger partial charge in [0.2, 0.25) is 0 Å². The summed E-state index contributed by atoms with van der Waals surface area (Å²) in [6, 6.07) is 4.94. The van der Waals surface area contributed by atoms with Crippen LogP contribution in [-0.4, -0.2) is 30.0 Å². The quantitative estimate of drug-likeness (QED) is 0.495. The number of azide groups is 1. The maximum absolute atomic E-state index is 9.81. The summed E-state index contributed by atoms with van der Waals surface area (Å²) < 4.78 is 5.72. The van der Waals surface area contributed by atoms with E-state index in [-0.39, 0.29) is 6.54 Å². The molecule has 0 aromatic heterocycles. The highest BCUT2D eigenvalue weighted by atomic mass is 79.9. The topological polar surface area (TPSA) is 98.5 Å². The van der Waals surface area contributed by atoms with Crippen LogP contribution >= 0.6 is 15.9 Å². The zero-order chi connectivity index (χ0) is 12.8. The molecule has 2 atom stereocenters. The Morgan fingerprint density at radius 1 is 1.53 bits per heavy atom. The third-order valence-corrected chi connectivity index (χ3v) is 2.83. The summed E-state index contributed by atoms with van der Waals surface area (Å²) in [6.07, 6.45) is -2.24. The molecular formula is C10H12BrN3O3. The van der Waals surface area contributed by atoms with Crippen LogP contribution in [0.5, 0.6) is 5.75 Å². The average Bonchev–Trinajstić information content (AvgIpc) is 2.34. The van der Waals surface area contributed by atoms with Gasteiger partial charge in [-0.05, 0) is 39.2 Å². The van der Waals surface area contributed by atoms with Crippen molar-refractivity contribution in [3.63, 3.8) is 0 Å². The largest absolute Gasteiger partial charge is 0.496 e. The Bertz CT molecular complexity index is 435. The van der Waals surface area contributed by atoms with Crippen molar-refractivity contribution >= 4 is 15.9 Å². The van der Waals surface area contributed by atoms with E-state index < -0.39 is 12.2 Å². The third kappa shape index (κ3) is 3.61. The fourth-order valence-electron chi connectivity index (χ4n) is 1.31. The second-order valence-corrected chi connectivity index (χ2v) is 4.17. The number of aliphatic hydroxyl groups is 2. The molecule has 0 fully saturated rings. The summed E-state index contributed by atoms with van der Waals surface area (Å²) in [5, 5.41) is 22.6. The lowest BCUT2D eigenvalue weighted by Gasteiger charge is -2.17. The second kappa shape index (κ2) is 6.46. The predicted octanol–water partition coefficient (Wildman–Crippen LogP) is 2.16. The first-order valence-corrected chi connectivity index (χ1v) is 5.60. The minimum absolute atomic E-state index is 0.179. The molecule has 7 heteroatoms. The lowest BCUT2D eigenvalue weighted by Crippen LogP contribution is -2.21. The molecular weight excluding hydrogens is 290 g/mol. The van der Waals surface area contributed by atoms with Gasteiger partial charge in [-0.15, -0.1) is 0 Å². The summed E-state index contributed by atoms with van der Waals surface area (Å²) in [7, 11) is 1.53. The van der Waals surface area contributed by atoms with Crippen molar-refractivity contribution in [2.75, 3.05) is 13.7 Å². The molecule has 0 amide bonds. The lowest BCUT2D eigenvalue weighted by atomic mass is 10.0. The van der Waals surface area contributed by atoms with Crippen molar-refractivity contribution in [1.82, 2.24) is 0 Å². The highest BCUT2D eigenvalue weighted by molar-refractivity contribution is 9.10. The van der Waals surface area contributed by atoms with Crippen LogP contribution in [0.2, 0.25) is 0 Å². The highest BCUT2D eigenvalue weighted by Crippen LogP contribution is 2.29. The van der Waals surface area contributed by atoms with E-state index >= 15 is 0 Å². The van der Waals surface area contributed by atoms with Crippen molar-refractivity contribution in [2.24, 2.45) is 5.11 Å². The number of hydrogen-bond donors (Lipinski definition) is 2. The van der Waals surface area contributed by atoms with E-state index in [1.54, 1.807) is 18.2 Å². The number of methoxy groups -OCH3 is 1. The van der Waals surface area contributed by atoms with Crippen LogP contribution in [0.25, 0.3) is 10.4 Å². The van der Waals surface area contributed by atoms with Crippen LogP contribution in [0.4, 0.5) is 0 Å². The van der Waals surface area contributed by atoms with E-state index in [0.717, 1.165) is 0 Å². The molecule has 0 heterocycles. The minimum atomic E-state index is -1.13. The molecule has 0 aliphatic rings. The van der Waals surface area contributed by atoms with E-state index in [4.69, 9.17) is 10.3 Å². The monoisotopic (exact) mass is 301 g/mol. The van der Waals surface area contributed by atoms with Crippen LogP contribution in [0.1, 0.15) is 11.7 Å². The van der Waals surface area contributed by atoms with Gasteiger partial charge in [0.1, 0.15) is 11.9 Å². The van der Waals surface area contributed by atoms with Crippen LogP contribution in [0.3, 0.4) is 0 Å². The maximum atomic E-state index is 9.81. The Hall–Kier alpha value is -1.27. The normalized spacial score (nSPS) is 13.6. The first kappa shape index (κ1) is 13.8. The average molecular weight is 302 g/mol. The van der Waals surface area contributed by atoms with Gasteiger partial charge >= 0.3 is 0 Å². The van der Waals surface area contributed by atoms with E-state index in [1.807, 2.05) is 0 Å². The van der Waals surface area contributed by atoms with Crippen molar-refractivity contribution in [2.45, 2.75) is 12.2 Å². The van der Waals surface area contributed by atoms with Gasteiger partial charge in [-0.1, -0.05) is 11.2 Å². The van der Waals surface area contributed by atoms with Gasteiger partial charge < -0.3 is 14.9 Å². The molecule has 0 saturated heterocycles. The Kier molecular flexibility index (Phi) is 5.24. The third-order valence-electron chi connectivity index (χ3n) is 2.21. The molecule has 0 aliphatic heterocycles. The predicted molar refractivity (Wildman–Crippen MR) is 65.7 cm³/mol. The molecule has 0 spiro atoms. The first-order valence-electron chi connectivity index (χ1n) is 4.80. The van der Waals surface area contributed by atoms with Crippen LogP contribution < -0.4 is 4.74 Å². The van der Waals surface area contributed by atoms with Gasteiger partial charge in [0.25, 0.3) is 0 Å². The van der Waals surface area contributed by atoms with Crippen molar-refractivity contribution < 1.29 is 14.9 Å². The van der Waals surface area contributed by atoms with Gasteiger partial charge in [0, 0.05) is 4.91 Å². The molecule has 0 aliphatic carbocycles. The molecule has 1 aromatic carbocycles. The summed E-state index contributed by atoms with van der Waals surface area (Å²) in [6.45, 7) is -0.179. The molecule has 92 valence electrons. The highest BCUT2D eigenvalue weighted by Gasteiger charge is 2.18. The molecule has 0 radical (unpaired) electrons. The van der Waals surface area contributed by atoms with Crippen molar-refractivity contribution in [3.8, 4) is 5.75 Å². The summed E-state index contributed by atoms with van der Waals surface area (Å²) in [5.41, 5.74) is 8.63. The van der Waals surface area contributed by atoms with Crippen LogP contribution in [0.15, 0.2) is 27.8 Å². The van der Waals surface area contributed by atoms with Gasteiger partial charge in [0.15, 0.2) is 0 Å². The Morgan fingerprint density at radius 2 is 2.24 bits per heavy atom. The van der Waals surface area contributed by atoms with Crippen LogP contribution in [0, 0.1) is 0 Å². The van der Waals surface area contributed by atoms with Gasteiger partial charge in [0.05, 0.1) is 24.2 Å². The number of hydrogen-bond acceptors (Lipinski definition) is 4. The summed E-state index contributed by atoms with van der Waals surface area (Å²) in [4.78, 5) is 2.52. The van der Waals surface area contributed by atoms with Crippen molar-refractivity contribution in [3.05, 3.63) is 38.7 Å². The zero-order valence-electron chi connectivity index (χ0n) is 9.12. The van der Waals surface area contributed by atoms with E-state index in [9.17, 15) is 10.2 Å². The van der Waals surface area contributed by atoms with Gasteiger partial charge in [-0.3, -0.25) is 0 Å². The van der Waals surface area contributed by atoms with Crippen LogP contribution in [-0.2, 0) is 0 Å². The van der Waals surface area contributed by atoms with E-state index in [2.05, 4.69) is 26.0 Å². The Balaban J connectivity index is 2.85. The number of ether oxygens (including phenoxy) is 1. The smallest absolute Gasteiger partial charge is 0.133 e. The number of benzene rings is 1. The molecule has 1 aromatic rings. The molecule has 0 bridgehead atoms. The molecule has 17 heavy (non-hydrogen) atoms. The zero-order valence-corrected chi connectivity index (χ0v) is 10.7. The standard InChI is InChI=1S/C10H12BrN3O3/c1-17-9-3-2-6(4-7(9)11)10(16)8(15)5-13-14-12/h2-4,8,10,15-16H,5H2,1H3. The number of aliphatic hydroxyl groups excluding tert-OH is 2. The Morgan fingerprint density at radius 3 is 2.76 bits per heavy atom. The number of nitrogens with zero attached hydrogens (tertiary/aromatic N) is 3. The van der Waals surface area contributed by atoms with Gasteiger partial charge in [-0.25, -0.2) is 0 Å². The number of rotatable bonds is 5. The summed E-state index contributed by atoms with van der Waals surface area (Å²) in [5.74, 6) is 0.630. The van der Waals surface area contributed by atoms with Gasteiger partial charge in [-0.2, -0.15) is 0 Å². The molecule has 0 saturated carbocycles.